The van der Waals surface area contributed by atoms with Crippen LogP contribution in [0.15, 0.2) is 24.3 Å². The van der Waals surface area contributed by atoms with E-state index in [0.29, 0.717) is 0 Å². The molecule has 5 nitrogen and oxygen atoms in total. The molecular weight excluding hydrogens is 249 g/mol. The van der Waals surface area contributed by atoms with E-state index < -0.39 is 33.6 Å². The number of halogens is 1. The predicted octanol–water partition coefficient (Wildman–Crippen LogP) is 0.718. The summed E-state index contributed by atoms with van der Waals surface area (Å²) in [6, 6.07) is 4.19. The summed E-state index contributed by atoms with van der Waals surface area (Å²) in [7, 11) is -3.87. The molecule has 0 heterocycles. The zero-order valence-electron chi connectivity index (χ0n) is 9.05. The van der Waals surface area contributed by atoms with Crippen molar-refractivity contribution >= 4 is 16.0 Å². The number of carboxylic acid groups (broad SMARTS) is 1. The zero-order chi connectivity index (χ0) is 13.1. The number of carbonyl (C=O) groups is 1. The number of carboxylic acids is 1. The van der Waals surface area contributed by atoms with E-state index in [4.69, 9.17) is 5.11 Å². The fourth-order valence-electron chi connectivity index (χ4n) is 1.18. The van der Waals surface area contributed by atoms with E-state index in [0.717, 1.165) is 6.07 Å². The molecule has 1 atom stereocenters. The molecule has 0 saturated heterocycles. The predicted molar refractivity (Wildman–Crippen MR) is 59.3 cm³/mol. The van der Waals surface area contributed by atoms with Crippen molar-refractivity contribution in [1.29, 1.82) is 0 Å². The Hall–Kier alpha value is -1.47. The second-order valence-electron chi connectivity index (χ2n) is 3.53. The van der Waals surface area contributed by atoms with Gasteiger partial charge in [-0.2, -0.15) is 0 Å². The minimum Gasteiger partial charge on any atom is -0.480 e. The Labute approximate surface area is 98.3 Å². The van der Waals surface area contributed by atoms with E-state index in [1.807, 2.05) is 4.72 Å². The van der Waals surface area contributed by atoms with Crippen LogP contribution in [0.1, 0.15) is 12.5 Å². The van der Waals surface area contributed by atoms with Crippen LogP contribution >= 0.6 is 0 Å². The van der Waals surface area contributed by atoms with E-state index in [9.17, 15) is 17.6 Å². The second-order valence-corrected chi connectivity index (χ2v) is 5.28. The average Bonchev–Trinajstić information content (AvgIpc) is 2.20. The standard InChI is InChI=1S/C10H12FNO4S/c1-7(10(13)14)12-17(15,16)6-8-4-2-3-5-9(8)11/h2-5,7,12H,6H2,1H3,(H,13,14)/t7-/m0/s1. The molecule has 7 heteroatoms. The van der Waals surface area contributed by atoms with Gasteiger partial charge in [-0.1, -0.05) is 18.2 Å². The molecule has 0 aromatic heterocycles. The Morgan fingerprint density at radius 1 is 1.47 bits per heavy atom. The molecule has 0 aliphatic rings. The number of sulfonamides is 1. The molecule has 0 unspecified atom stereocenters. The van der Waals surface area contributed by atoms with E-state index in [-0.39, 0.29) is 5.56 Å². The lowest BCUT2D eigenvalue weighted by atomic mass is 10.2. The molecule has 0 bridgehead atoms. The molecule has 1 aromatic rings. The summed E-state index contributed by atoms with van der Waals surface area (Å²) in [6.45, 7) is 1.20. The maximum Gasteiger partial charge on any atom is 0.321 e. The van der Waals surface area contributed by atoms with Crippen molar-refractivity contribution in [2.24, 2.45) is 0 Å². The Bertz CT molecular complexity index is 515. The van der Waals surface area contributed by atoms with Gasteiger partial charge in [0.15, 0.2) is 0 Å². The van der Waals surface area contributed by atoms with Crippen LogP contribution in [0.25, 0.3) is 0 Å². The second kappa shape index (κ2) is 5.24. The first-order valence-electron chi connectivity index (χ1n) is 4.78. The molecule has 1 rings (SSSR count). The Balaban J connectivity index is 2.81. The van der Waals surface area contributed by atoms with Gasteiger partial charge in [-0.25, -0.2) is 17.5 Å². The van der Waals surface area contributed by atoms with Crippen LogP contribution in [0.4, 0.5) is 4.39 Å². The normalized spacial score (nSPS) is 13.3. The summed E-state index contributed by atoms with van der Waals surface area (Å²) in [4.78, 5) is 10.5. The number of hydrogen-bond donors (Lipinski definition) is 2. The van der Waals surface area contributed by atoms with Gasteiger partial charge in [0.1, 0.15) is 11.9 Å². The Kier molecular flexibility index (Phi) is 4.19. The van der Waals surface area contributed by atoms with Crippen LogP contribution in [-0.2, 0) is 20.6 Å². The third kappa shape index (κ3) is 4.12. The van der Waals surface area contributed by atoms with Crippen molar-refractivity contribution < 1.29 is 22.7 Å². The van der Waals surface area contributed by atoms with Gasteiger partial charge >= 0.3 is 5.97 Å². The molecule has 0 aliphatic carbocycles. The number of benzene rings is 1. The maximum atomic E-state index is 13.2. The fourth-order valence-corrected chi connectivity index (χ4v) is 2.55. The lowest BCUT2D eigenvalue weighted by molar-refractivity contribution is -0.138. The van der Waals surface area contributed by atoms with Crippen LogP contribution in [0, 0.1) is 5.82 Å². The molecule has 0 fully saturated rings. The summed E-state index contributed by atoms with van der Waals surface area (Å²) < 4.78 is 38.2. The number of nitrogens with one attached hydrogen (secondary N) is 1. The fraction of sp³-hybridized carbons (Fsp3) is 0.300. The van der Waals surface area contributed by atoms with Crippen LogP contribution in [0.5, 0.6) is 0 Å². The molecule has 0 aliphatic heterocycles. The first-order chi connectivity index (χ1) is 7.82. The highest BCUT2D eigenvalue weighted by molar-refractivity contribution is 7.88. The molecule has 1 aromatic carbocycles. The summed E-state index contributed by atoms with van der Waals surface area (Å²) in [5.41, 5.74) is -0.00223. The summed E-state index contributed by atoms with van der Waals surface area (Å²) in [6.07, 6.45) is 0. The smallest absolute Gasteiger partial charge is 0.321 e. The highest BCUT2D eigenvalue weighted by Crippen LogP contribution is 2.10. The van der Waals surface area contributed by atoms with Crippen molar-refractivity contribution in [3.8, 4) is 0 Å². The summed E-state index contributed by atoms with van der Waals surface area (Å²) >= 11 is 0. The lowest BCUT2D eigenvalue weighted by Crippen LogP contribution is -2.39. The van der Waals surface area contributed by atoms with Gasteiger partial charge in [0.2, 0.25) is 10.0 Å². The van der Waals surface area contributed by atoms with Crippen LogP contribution < -0.4 is 4.72 Å². The van der Waals surface area contributed by atoms with Gasteiger partial charge in [0.25, 0.3) is 0 Å². The quantitative estimate of drug-likeness (QED) is 0.818. The molecular formula is C10H12FNO4S. The largest absolute Gasteiger partial charge is 0.480 e. The van der Waals surface area contributed by atoms with Gasteiger partial charge < -0.3 is 5.11 Å². The van der Waals surface area contributed by atoms with E-state index in [2.05, 4.69) is 0 Å². The minimum absolute atomic E-state index is 0.00223. The van der Waals surface area contributed by atoms with E-state index >= 15 is 0 Å². The number of aliphatic carboxylic acids is 1. The summed E-state index contributed by atoms with van der Waals surface area (Å²) in [5, 5.41) is 8.56. The first-order valence-corrected chi connectivity index (χ1v) is 6.43. The highest BCUT2D eigenvalue weighted by Gasteiger charge is 2.20. The van der Waals surface area contributed by atoms with Crippen molar-refractivity contribution in [3.63, 3.8) is 0 Å². The number of hydrogen-bond acceptors (Lipinski definition) is 3. The third-order valence-electron chi connectivity index (χ3n) is 2.03. The first kappa shape index (κ1) is 13.6. The maximum absolute atomic E-state index is 13.2. The SMILES string of the molecule is C[C@H](NS(=O)(=O)Cc1ccccc1F)C(=O)O. The number of rotatable bonds is 5. The van der Waals surface area contributed by atoms with Crippen molar-refractivity contribution in [1.82, 2.24) is 4.72 Å². The molecule has 0 amide bonds. The summed E-state index contributed by atoms with van der Waals surface area (Å²) in [5.74, 6) is -2.51. The average molecular weight is 261 g/mol. The van der Waals surface area contributed by atoms with E-state index in [1.54, 1.807) is 0 Å². The van der Waals surface area contributed by atoms with E-state index in [1.165, 1.54) is 25.1 Å². The zero-order valence-corrected chi connectivity index (χ0v) is 9.87. The van der Waals surface area contributed by atoms with Gasteiger partial charge in [-0.3, -0.25) is 4.79 Å². The molecule has 0 saturated carbocycles. The van der Waals surface area contributed by atoms with Crippen LogP contribution in [0.2, 0.25) is 0 Å². The highest BCUT2D eigenvalue weighted by atomic mass is 32.2. The van der Waals surface area contributed by atoms with Gasteiger partial charge in [-0.05, 0) is 13.0 Å². The lowest BCUT2D eigenvalue weighted by Gasteiger charge is -2.10. The van der Waals surface area contributed by atoms with Gasteiger partial charge in [0, 0.05) is 5.56 Å². The van der Waals surface area contributed by atoms with Crippen LogP contribution in [0.3, 0.4) is 0 Å². The topological polar surface area (TPSA) is 83.5 Å². The monoisotopic (exact) mass is 261 g/mol. The van der Waals surface area contributed by atoms with Gasteiger partial charge in [0.05, 0.1) is 5.75 Å². The molecule has 0 radical (unpaired) electrons. The minimum atomic E-state index is -3.87. The Morgan fingerprint density at radius 3 is 2.59 bits per heavy atom. The Morgan fingerprint density at radius 2 is 2.06 bits per heavy atom. The van der Waals surface area contributed by atoms with Crippen molar-refractivity contribution in [3.05, 3.63) is 35.6 Å². The third-order valence-corrected chi connectivity index (χ3v) is 3.43. The molecule has 2 N–H and O–H groups in total. The van der Waals surface area contributed by atoms with Gasteiger partial charge in [-0.15, -0.1) is 0 Å². The molecule has 94 valence electrons. The molecule has 0 spiro atoms. The van der Waals surface area contributed by atoms with Crippen LogP contribution in [-0.4, -0.2) is 25.5 Å². The van der Waals surface area contributed by atoms with Crippen molar-refractivity contribution in [2.45, 2.75) is 18.7 Å². The molecule has 17 heavy (non-hydrogen) atoms. The van der Waals surface area contributed by atoms with Crippen molar-refractivity contribution in [2.75, 3.05) is 0 Å².